The number of likely N-dealkylation sites (tertiary alicyclic amines) is 1. The molecule has 2 bridgehead atoms. The SMILES string of the molecule is C[C@@]12C[C@H]3[C@@H](Cc4ccccc4)N[C@@H]1CCC[C@@H]2N3C(=O)c1cnco1. The summed E-state index contributed by atoms with van der Waals surface area (Å²) in [6.07, 6.45) is 8.38. The van der Waals surface area contributed by atoms with Crippen molar-refractivity contribution in [2.45, 2.75) is 63.2 Å². The van der Waals surface area contributed by atoms with Crippen molar-refractivity contribution in [2.24, 2.45) is 5.41 Å². The predicted molar refractivity (Wildman–Crippen MR) is 97.7 cm³/mol. The fraction of sp³-hybridized carbons (Fsp3) is 0.524. The lowest BCUT2D eigenvalue weighted by Gasteiger charge is -2.46. The van der Waals surface area contributed by atoms with Gasteiger partial charge in [0.1, 0.15) is 0 Å². The molecule has 136 valence electrons. The van der Waals surface area contributed by atoms with Crippen LogP contribution in [0.25, 0.3) is 0 Å². The van der Waals surface area contributed by atoms with E-state index in [0.29, 0.717) is 11.8 Å². The van der Waals surface area contributed by atoms with Gasteiger partial charge in [-0.15, -0.1) is 0 Å². The molecule has 3 fully saturated rings. The highest BCUT2D eigenvalue weighted by Gasteiger charge is 2.61. The standard InChI is InChI=1S/C21H25N3O2/c1-21-11-16-15(10-14-6-3-2-4-7-14)23-18(21)8-5-9-19(21)24(16)20(25)17-12-22-13-26-17/h2-4,6-7,12-13,15-16,18-19,23H,5,8-11H2,1H3/t15-,16+,18-,19+,21-/m1/s1. The van der Waals surface area contributed by atoms with Crippen LogP contribution in [0.2, 0.25) is 0 Å². The number of oxazole rings is 1. The van der Waals surface area contributed by atoms with E-state index in [0.717, 1.165) is 19.3 Å². The van der Waals surface area contributed by atoms with Crippen LogP contribution in [-0.4, -0.2) is 40.0 Å². The van der Waals surface area contributed by atoms with E-state index >= 15 is 0 Å². The lowest BCUT2D eigenvalue weighted by atomic mass is 9.65. The van der Waals surface area contributed by atoms with Crippen LogP contribution in [0.15, 0.2) is 47.3 Å². The second-order valence-corrected chi connectivity index (χ2v) is 8.32. The zero-order valence-electron chi connectivity index (χ0n) is 15.1. The second-order valence-electron chi connectivity index (χ2n) is 8.32. The van der Waals surface area contributed by atoms with Crippen molar-refractivity contribution < 1.29 is 9.21 Å². The third-order valence-corrected chi connectivity index (χ3v) is 6.93. The zero-order chi connectivity index (χ0) is 17.7. The van der Waals surface area contributed by atoms with Crippen LogP contribution in [0.3, 0.4) is 0 Å². The first-order valence-electron chi connectivity index (χ1n) is 9.68. The highest BCUT2D eigenvalue weighted by Crippen LogP contribution is 2.53. The molecule has 0 spiro atoms. The van der Waals surface area contributed by atoms with Crippen molar-refractivity contribution in [3.63, 3.8) is 0 Å². The molecular formula is C21H25N3O2. The second kappa shape index (κ2) is 5.95. The van der Waals surface area contributed by atoms with Gasteiger partial charge in [-0.25, -0.2) is 4.98 Å². The number of benzene rings is 1. The van der Waals surface area contributed by atoms with Crippen molar-refractivity contribution in [1.29, 1.82) is 0 Å². The number of aromatic nitrogens is 1. The summed E-state index contributed by atoms with van der Waals surface area (Å²) in [5.74, 6) is 0.366. The van der Waals surface area contributed by atoms with Gasteiger partial charge in [0.15, 0.2) is 6.39 Å². The van der Waals surface area contributed by atoms with Gasteiger partial charge in [-0.1, -0.05) is 37.3 Å². The van der Waals surface area contributed by atoms with Crippen molar-refractivity contribution in [3.8, 4) is 0 Å². The summed E-state index contributed by atoms with van der Waals surface area (Å²) in [6, 6.07) is 11.9. The number of carbonyl (C=O) groups is 1. The molecule has 0 unspecified atom stereocenters. The van der Waals surface area contributed by atoms with Gasteiger partial charge in [0.25, 0.3) is 5.91 Å². The number of piperidine rings is 1. The maximum atomic E-state index is 13.3. The molecule has 1 aromatic heterocycles. The zero-order valence-corrected chi connectivity index (χ0v) is 15.1. The molecule has 1 amide bonds. The molecule has 5 heteroatoms. The summed E-state index contributed by atoms with van der Waals surface area (Å²) < 4.78 is 5.36. The molecule has 1 aliphatic carbocycles. The molecule has 3 aliphatic rings. The number of nitrogens with one attached hydrogen (secondary N) is 1. The maximum absolute atomic E-state index is 13.3. The van der Waals surface area contributed by atoms with Crippen LogP contribution in [-0.2, 0) is 6.42 Å². The largest absolute Gasteiger partial charge is 0.438 e. The van der Waals surface area contributed by atoms with Gasteiger partial charge in [-0.05, 0) is 37.7 Å². The first-order chi connectivity index (χ1) is 12.7. The van der Waals surface area contributed by atoms with Gasteiger partial charge in [0, 0.05) is 29.6 Å². The van der Waals surface area contributed by atoms with Gasteiger partial charge in [0.05, 0.1) is 6.20 Å². The molecule has 5 atom stereocenters. The van der Waals surface area contributed by atoms with Gasteiger partial charge >= 0.3 is 0 Å². The van der Waals surface area contributed by atoms with Crippen molar-refractivity contribution >= 4 is 5.91 Å². The van der Waals surface area contributed by atoms with Crippen LogP contribution < -0.4 is 5.32 Å². The summed E-state index contributed by atoms with van der Waals surface area (Å²) in [7, 11) is 0. The lowest BCUT2D eigenvalue weighted by Crippen LogP contribution is -2.58. The third-order valence-electron chi connectivity index (χ3n) is 6.93. The predicted octanol–water partition coefficient (Wildman–Crippen LogP) is 3.03. The first-order valence-corrected chi connectivity index (χ1v) is 9.68. The minimum Gasteiger partial charge on any atom is -0.438 e. The lowest BCUT2D eigenvalue weighted by molar-refractivity contribution is 0.0529. The van der Waals surface area contributed by atoms with E-state index in [1.54, 1.807) is 6.20 Å². The van der Waals surface area contributed by atoms with E-state index in [2.05, 4.69) is 52.5 Å². The monoisotopic (exact) mass is 351 g/mol. The van der Waals surface area contributed by atoms with Crippen molar-refractivity contribution in [3.05, 3.63) is 54.2 Å². The molecule has 26 heavy (non-hydrogen) atoms. The molecule has 2 aliphatic heterocycles. The Hall–Kier alpha value is -2.14. The number of fused-ring (bicyclic) bond motifs is 1. The molecular weight excluding hydrogens is 326 g/mol. The van der Waals surface area contributed by atoms with Gasteiger partial charge in [-0.2, -0.15) is 0 Å². The van der Waals surface area contributed by atoms with E-state index in [-0.39, 0.29) is 29.4 Å². The Kier molecular flexibility index (Phi) is 3.67. The summed E-state index contributed by atoms with van der Waals surface area (Å²) in [4.78, 5) is 19.3. The normalized spacial score (nSPS) is 35.5. The van der Waals surface area contributed by atoms with E-state index < -0.39 is 0 Å². The first kappa shape index (κ1) is 16.1. The average Bonchev–Trinajstić information content (AvgIpc) is 3.27. The molecule has 2 saturated heterocycles. The van der Waals surface area contributed by atoms with Crippen molar-refractivity contribution in [2.75, 3.05) is 0 Å². The van der Waals surface area contributed by atoms with Gasteiger partial charge in [-0.3, -0.25) is 4.79 Å². The topological polar surface area (TPSA) is 58.4 Å². The van der Waals surface area contributed by atoms with E-state index in [1.165, 1.54) is 24.8 Å². The summed E-state index contributed by atoms with van der Waals surface area (Å²) in [5, 5.41) is 3.93. The minimum atomic E-state index is 0.00337. The fourth-order valence-electron chi connectivity index (χ4n) is 5.71. The van der Waals surface area contributed by atoms with Crippen LogP contribution in [0.1, 0.15) is 48.7 Å². The Bertz CT molecular complexity index is 791. The molecule has 5 nitrogen and oxygen atoms in total. The van der Waals surface area contributed by atoms with Crippen LogP contribution >= 0.6 is 0 Å². The molecule has 5 rings (SSSR count). The number of nitrogens with zero attached hydrogens (tertiary/aromatic N) is 2. The maximum Gasteiger partial charge on any atom is 0.291 e. The molecule has 3 heterocycles. The van der Waals surface area contributed by atoms with Crippen molar-refractivity contribution in [1.82, 2.24) is 15.2 Å². The average molecular weight is 351 g/mol. The quantitative estimate of drug-likeness (QED) is 0.923. The van der Waals surface area contributed by atoms with Gasteiger partial charge < -0.3 is 14.6 Å². The Morgan fingerprint density at radius 2 is 2.19 bits per heavy atom. The Morgan fingerprint density at radius 1 is 1.35 bits per heavy atom. The molecule has 1 N–H and O–H groups in total. The Morgan fingerprint density at radius 3 is 2.96 bits per heavy atom. The molecule has 1 saturated carbocycles. The van der Waals surface area contributed by atoms with Gasteiger partial charge in [0.2, 0.25) is 5.76 Å². The Balaban J connectivity index is 1.51. The fourth-order valence-corrected chi connectivity index (χ4v) is 5.71. The van der Waals surface area contributed by atoms with E-state index in [9.17, 15) is 4.79 Å². The van der Waals surface area contributed by atoms with E-state index in [1.807, 2.05) is 0 Å². The molecule has 2 aromatic rings. The molecule has 1 aromatic carbocycles. The number of carbonyl (C=O) groups excluding carboxylic acids is 1. The number of amides is 1. The van der Waals surface area contributed by atoms with E-state index in [4.69, 9.17) is 4.42 Å². The number of hydrogen-bond donors (Lipinski definition) is 1. The highest BCUT2D eigenvalue weighted by atomic mass is 16.3. The third kappa shape index (κ3) is 2.33. The summed E-state index contributed by atoms with van der Waals surface area (Å²) in [6.45, 7) is 2.37. The van der Waals surface area contributed by atoms with Crippen LogP contribution in [0.5, 0.6) is 0 Å². The number of rotatable bonds is 3. The summed E-state index contributed by atoms with van der Waals surface area (Å²) in [5.41, 5.74) is 1.48. The molecule has 0 radical (unpaired) electrons. The highest BCUT2D eigenvalue weighted by molar-refractivity contribution is 5.92. The van der Waals surface area contributed by atoms with Crippen LogP contribution in [0.4, 0.5) is 0 Å². The number of hydrogen-bond acceptors (Lipinski definition) is 4. The van der Waals surface area contributed by atoms with Crippen LogP contribution in [0, 0.1) is 5.41 Å². The minimum absolute atomic E-state index is 0.00337. The summed E-state index contributed by atoms with van der Waals surface area (Å²) >= 11 is 0. The Labute approximate surface area is 153 Å². The smallest absolute Gasteiger partial charge is 0.291 e.